The van der Waals surface area contributed by atoms with Crippen LogP contribution in [0.15, 0.2) is 30.3 Å². The number of methoxy groups -OCH3 is 2. The Hall–Kier alpha value is -1.27. The van der Waals surface area contributed by atoms with Crippen molar-refractivity contribution < 1.29 is 23.7 Å². The van der Waals surface area contributed by atoms with Crippen LogP contribution in [-0.2, 0) is 18.9 Å². The summed E-state index contributed by atoms with van der Waals surface area (Å²) in [6.07, 6.45) is -0.369. The molecule has 0 aliphatic carbocycles. The quantitative estimate of drug-likeness (QED) is 0.366. The molecule has 0 saturated heterocycles. The van der Waals surface area contributed by atoms with E-state index in [0.29, 0.717) is 25.4 Å². The number of ketones is 1. The van der Waals surface area contributed by atoms with Crippen LogP contribution in [0.25, 0.3) is 0 Å². The zero-order valence-electron chi connectivity index (χ0n) is 11.3. The van der Waals surface area contributed by atoms with Crippen molar-refractivity contribution in [3.05, 3.63) is 35.9 Å². The Kier molecular flexibility index (Phi) is 8.00. The lowest BCUT2D eigenvalue weighted by molar-refractivity contribution is -0.142. The Balaban J connectivity index is 2.07. The molecule has 0 aliphatic heterocycles. The summed E-state index contributed by atoms with van der Waals surface area (Å²) in [5, 5.41) is 0. The molecule has 0 aromatic heterocycles. The maximum absolute atomic E-state index is 11.7. The SMILES string of the molecule is COC(COCCOCC(=O)c1ccccc1)OC. The highest BCUT2D eigenvalue weighted by Crippen LogP contribution is 2.00. The molecule has 5 heteroatoms. The van der Waals surface area contributed by atoms with E-state index in [1.54, 1.807) is 26.4 Å². The van der Waals surface area contributed by atoms with Crippen LogP contribution in [0.4, 0.5) is 0 Å². The average Bonchev–Trinajstić information content (AvgIpc) is 2.47. The van der Waals surface area contributed by atoms with Crippen LogP contribution in [0.5, 0.6) is 0 Å². The summed E-state index contributed by atoms with van der Waals surface area (Å²) in [6, 6.07) is 9.05. The number of rotatable bonds is 10. The Morgan fingerprint density at radius 2 is 1.68 bits per heavy atom. The zero-order valence-corrected chi connectivity index (χ0v) is 11.3. The van der Waals surface area contributed by atoms with E-state index in [2.05, 4.69) is 0 Å². The van der Waals surface area contributed by atoms with Crippen molar-refractivity contribution in [3.63, 3.8) is 0 Å². The maximum atomic E-state index is 11.7. The molecule has 0 heterocycles. The number of hydrogen-bond donors (Lipinski definition) is 0. The van der Waals surface area contributed by atoms with E-state index in [1.165, 1.54) is 0 Å². The lowest BCUT2D eigenvalue weighted by Gasteiger charge is -2.13. The highest BCUT2D eigenvalue weighted by Gasteiger charge is 2.06. The predicted octanol–water partition coefficient (Wildman–Crippen LogP) is 1.52. The molecule has 0 fully saturated rings. The average molecular weight is 268 g/mol. The summed E-state index contributed by atoms with van der Waals surface area (Å²) in [5.74, 6) is -0.0349. The first-order valence-electron chi connectivity index (χ1n) is 6.07. The van der Waals surface area contributed by atoms with Gasteiger partial charge in [0.15, 0.2) is 12.1 Å². The summed E-state index contributed by atoms with van der Waals surface area (Å²) in [5.41, 5.74) is 0.655. The Morgan fingerprint density at radius 3 is 2.32 bits per heavy atom. The van der Waals surface area contributed by atoms with Crippen LogP contribution < -0.4 is 0 Å². The molecule has 0 unspecified atom stereocenters. The van der Waals surface area contributed by atoms with Crippen molar-refractivity contribution in [2.45, 2.75) is 6.29 Å². The van der Waals surface area contributed by atoms with Crippen LogP contribution in [0.2, 0.25) is 0 Å². The first kappa shape index (κ1) is 15.8. The molecule has 106 valence electrons. The van der Waals surface area contributed by atoms with Gasteiger partial charge in [-0.3, -0.25) is 4.79 Å². The standard InChI is InChI=1S/C14H20O5/c1-16-14(17-2)11-19-9-8-18-10-13(15)12-6-4-3-5-7-12/h3-7,14H,8-11H2,1-2H3. The van der Waals surface area contributed by atoms with E-state index in [9.17, 15) is 4.79 Å². The van der Waals surface area contributed by atoms with Gasteiger partial charge in [0.1, 0.15) is 6.61 Å². The molecule has 0 atom stereocenters. The van der Waals surface area contributed by atoms with Crippen molar-refractivity contribution in [2.75, 3.05) is 40.6 Å². The third kappa shape index (κ3) is 6.45. The summed E-state index contributed by atoms with van der Waals surface area (Å²) < 4.78 is 20.4. The molecule has 0 saturated carbocycles. The van der Waals surface area contributed by atoms with Gasteiger partial charge < -0.3 is 18.9 Å². The molecule has 1 aromatic rings. The van der Waals surface area contributed by atoms with Gasteiger partial charge in [0.2, 0.25) is 0 Å². The van der Waals surface area contributed by atoms with Gasteiger partial charge in [0.25, 0.3) is 0 Å². The van der Waals surface area contributed by atoms with Gasteiger partial charge in [-0.1, -0.05) is 30.3 Å². The summed E-state index contributed by atoms with van der Waals surface area (Å²) in [7, 11) is 3.10. The van der Waals surface area contributed by atoms with Crippen LogP contribution in [0.1, 0.15) is 10.4 Å². The Bertz CT molecular complexity index is 348. The minimum Gasteiger partial charge on any atom is -0.374 e. The van der Waals surface area contributed by atoms with Gasteiger partial charge in [-0.05, 0) is 0 Å². The van der Waals surface area contributed by atoms with Crippen molar-refractivity contribution in [3.8, 4) is 0 Å². The van der Waals surface area contributed by atoms with Gasteiger partial charge in [0, 0.05) is 19.8 Å². The fourth-order valence-corrected chi connectivity index (χ4v) is 1.40. The summed E-state index contributed by atoms with van der Waals surface area (Å²) in [4.78, 5) is 11.7. The first-order chi connectivity index (χ1) is 9.27. The third-order valence-electron chi connectivity index (χ3n) is 2.48. The molecule has 0 N–H and O–H groups in total. The van der Waals surface area contributed by atoms with Gasteiger partial charge in [-0.2, -0.15) is 0 Å². The zero-order chi connectivity index (χ0) is 13.9. The Labute approximate surface area is 113 Å². The van der Waals surface area contributed by atoms with Crippen molar-refractivity contribution >= 4 is 5.78 Å². The van der Waals surface area contributed by atoms with E-state index in [4.69, 9.17) is 18.9 Å². The number of ether oxygens (including phenoxy) is 4. The number of hydrogen-bond acceptors (Lipinski definition) is 5. The number of benzene rings is 1. The number of carbonyl (C=O) groups is 1. The van der Waals surface area contributed by atoms with Gasteiger partial charge in [-0.15, -0.1) is 0 Å². The van der Waals surface area contributed by atoms with E-state index >= 15 is 0 Å². The molecule has 5 nitrogen and oxygen atoms in total. The van der Waals surface area contributed by atoms with E-state index in [-0.39, 0.29) is 18.7 Å². The van der Waals surface area contributed by atoms with E-state index in [0.717, 1.165) is 0 Å². The fourth-order valence-electron chi connectivity index (χ4n) is 1.40. The van der Waals surface area contributed by atoms with Gasteiger partial charge in [-0.25, -0.2) is 0 Å². The smallest absolute Gasteiger partial charge is 0.188 e. The van der Waals surface area contributed by atoms with Crippen LogP contribution in [-0.4, -0.2) is 52.7 Å². The molecule has 19 heavy (non-hydrogen) atoms. The number of carbonyl (C=O) groups excluding carboxylic acids is 1. The highest BCUT2D eigenvalue weighted by molar-refractivity contribution is 5.96. The highest BCUT2D eigenvalue weighted by atomic mass is 16.7. The molecule has 1 rings (SSSR count). The van der Waals surface area contributed by atoms with Gasteiger partial charge >= 0.3 is 0 Å². The predicted molar refractivity (Wildman–Crippen MR) is 70.2 cm³/mol. The van der Waals surface area contributed by atoms with Gasteiger partial charge in [0.05, 0.1) is 19.8 Å². The van der Waals surface area contributed by atoms with Crippen LogP contribution in [0.3, 0.4) is 0 Å². The lowest BCUT2D eigenvalue weighted by atomic mass is 10.1. The maximum Gasteiger partial charge on any atom is 0.188 e. The monoisotopic (exact) mass is 268 g/mol. The van der Waals surface area contributed by atoms with Crippen molar-refractivity contribution in [1.82, 2.24) is 0 Å². The molecule has 0 bridgehead atoms. The molecule has 0 amide bonds. The summed E-state index contributed by atoms with van der Waals surface area (Å²) >= 11 is 0. The third-order valence-corrected chi connectivity index (χ3v) is 2.48. The molecular weight excluding hydrogens is 248 g/mol. The van der Waals surface area contributed by atoms with Crippen LogP contribution in [0, 0.1) is 0 Å². The second kappa shape index (κ2) is 9.63. The van der Waals surface area contributed by atoms with Crippen molar-refractivity contribution in [1.29, 1.82) is 0 Å². The molecule has 1 aromatic carbocycles. The minimum atomic E-state index is -0.369. The summed E-state index contributed by atoms with van der Waals surface area (Å²) in [6.45, 7) is 1.15. The van der Waals surface area contributed by atoms with Crippen molar-refractivity contribution in [2.24, 2.45) is 0 Å². The second-order valence-electron chi connectivity index (χ2n) is 3.82. The topological polar surface area (TPSA) is 54.0 Å². The normalized spacial score (nSPS) is 10.9. The molecule has 0 spiro atoms. The second-order valence-corrected chi connectivity index (χ2v) is 3.82. The minimum absolute atomic E-state index is 0.0349. The van der Waals surface area contributed by atoms with E-state index < -0.39 is 0 Å². The van der Waals surface area contributed by atoms with E-state index in [1.807, 2.05) is 18.2 Å². The Morgan fingerprint density at radius 1 is 1.05 bits per heavy atom. The first-order valence-corrected chi connectivity index (χ1v) is 6.07. The molecule has 0 aliphatic rings. The fraction of sp³-hybridized carbons (Fsp3) is 0.500. The molecular formula is C14H20O5. The van der Waals surface area contributed by atoms with Crippen LogP contribution >= 0.6 is 0 Å². The largest absolute Gasteiger partial charge is 0.374 e. The number of Topliss-reactive ketones (excluding diaryl/α,β-unsaturated/α-hetero) is 1. The lowest BCUT2D eigenvalue weighted by Crippen LogP contribution is -2.22. The molecule has 0 radical (unpaired) electrons.